The number of hydrogen-bond donors (Lipinski definition) is 2. The summed E-state index contributed by atoms with van der Waals surface area (Å²) in [6.45, 7) is 4.49. The number of hydrogen-bond acceptors (Lipinski definition) is 7. The standard InChI is InChI=1S/C18H21N5O2/c1-12-10-16(19-9-8-14-6-4-5-7-15(14)24-3)21-18(20-12)22-17-11-13(2)25-23-17/h4-7,10-11H,8-9H2,1-3H3,(H2,19,20,21,22,23). The van der Waals surface area contributed by atoms with Gasteiger partial charge in [-0.1, -0.05) is 23.4 Å². The van der Waals surface area contributed by atoms with Crippen molar-refractivity contribution >= 4 is 17.6 Å². The van der Waals surface area contributed by atoms with Crippen LogP contribution in [-0.2, 0) is 6.42 Å². The number of aromatic nitrogens is 3. The van der Waals surface area contributed by atoms with Crippen LogP contribution in [0.5, 0.6) is 5.75 Å². The van der Waals surface area contributed by atoms with Crippen molar-refractivity contribution in [3.8, 4) is 5.75 Å². The van der Waals surface area contributed by atoms with E-state index < -0.39 is 0 Å². The number of benzene rings is 1. The van der Waals surface area contributed by atoms with E-state index in [1.54, 1.807) is 13.2 Å². The Labute approximate surface area is 146 Å². The normalized spacial score (nSPS) is 10.5. The van der Waals surface area contributed by atoms with Crippen LogP contribution in [0.2, 0.25) is 0 Å². The van der Waals surface area contributed by atoms with E-state index in [0.717, 1.165) is 41.6 Å². The first-order valence-electron chi connectivity index (χ1n) is 8.06. The molecule has 0 saturated heterocycles. The minimum atomic E-state index is 0.480. The second-order valence-electron chi connectivity index (χ2n) is 5.65. The van der Waals surface area contributed by atoms with Gasteiger partial charge in [0.15, 0.2) is 5.82 Å². The topological polar surface area (TPSA) is 85.1 Å². The van der Waals surface area contributed by atoms with E-state index in [1.807, 2.05) is 38.1 Å². The van der Waals surface area contributed by atoms with E-state index in [9.17, 15) is 0 Å². The van der Waals surface area contributed by atoms with Gasteiger partial charge < -0.3 is 19.9 Å². The van der Waals surface area contributed by atoms with Crippen molar-refractivity contribution in [3.05, 3.63) is 53.4 Å². The van der Waals surface area contributed by atoms with E-state index >= 15 is 0 Å². The Morgan fingerprint density at radius 1 is 1.08 bits per heavy atom. The fraction of sp³-hybridized carbons (Fsp3) is 0.278. The highest BCUT2D eigenvalue weighted by Crippen LogP contribution is 2.19. The third-order valence-electron chi connectivity index (χ3n) is 3.62. The van der Waals surface area contributed by atoms with Gasteiger partial charge in [-0.3, -0.25) is 0 Å². The molecule has 0 radical (unpaired) electrons. The minimum Gasteiger partial charge on any atom is -0.496 e. The molecular formula is C18H21N5O2. The smallest absolute Gasteiger partial charge is 0.230 e. The molecule has 0 unspecified atom stereocenters. The van der Waals surface area contributed by atoms with E-state index in [1.165, 1.54) is 0 Å². The predicted molar refractivity (Wildman–Crippen MR) is 96.5 cm³/mol. The summed E-state index contributed by atoms with van der Waals surface area (Å²) in [4.78, 5) is 8.83. The molecule has 3 aromatic rings. The van der Waals surface area contributed by atoms with Crippen LogP contribution in [0.1, 0.15) is 17.0 Å². The summed E-state index contributed by atoms with van der Waals surface area (Å²) in [5.41, 5.74) is 2.01. The maximum atomic E-state index is 5.38. The van der Waals surface area contributed by atoms with Gasteiger partial charge in [-0.2, -0.15) is 4.98 Å². The van der Waals surface area contributed by atoms with E-state index in [-0.39, 0.29) is 0 Å². The molecule has 3 rings (SSSR count). The molecule has 0 amide bonds. The molecule has 130 valence electrons. The molecule has 0 atom stereocenters. The van der Waals surface area contributed by atoms with Gasteiger partial charge in [0.1, 0.15) is 17.3 Å². The summed E-state index contributed by atoms with van der Waals surface area (Å²) < 4.78 is 10.4. The van der Waals surface area contributed by atoms with Crippen molar-refractivity contribution < 1.29 is 9.26 Å². The van der Waals surface area contributed by atoms with Gasteiger partial charge in [0.2, 0.25) is 5.95 Å². The molecular weight excluding hydrogens is 318 g/mol. The predicted octanol–water partition coefficient (Wildman–Crippen LogP) is 3.49. The first-order chi connectivity index (χ1) is 12.1. The van der Waals surface area contributed by atoms with Crippen LogP contribution in [0.15, 0.2) is 40.9 Å². The third kappa shape index (κ3) is 4.47. The first-order valence-corrected chi connectivity index (χ1v) is 8.06. The van der Waals surface area contributed by atoms with Crippen molar-refractivity contribution in [2.45, 2.75) is 20.3 Å². The molecule has 7 heteroatoms. The van der Waals surface area contributed by atoms with Crippen molar-refractivity contribution in [1.82, 2.24) is 15.1 Å². The van der Waals surface area contributed by atoms with Gasteiger partial charge in [-0.05, 0) is 31.9 Å². The molecule has 0 fully saturated rings. The number of nitrogens with zero attached hydrogens (tertiary/aromatic N) is 3. The van der Waals surface area contributed by atoms with Crippen LogP contribution in [0.3, 0.4) is 0 Å². The minimum absolute atomic E-state index is 0.480. The van der Waals surface area contributed by atoms with Gasteiger partial charge in [-0.25, -0.2) is 4.98 Å². The number of anilines is 3. The maximum Gasteiger partial charge on any atom is 0.230 e. The van der Waals surface area contributed by atoms with E-state index in [2.05, 4.69) is 31.8 Å². The molecule has 7 nitrogen and oxygen atoms in total. The highest BCUT2D eigenvalue weighted by Gasteiger charge is 2.06. The van der Waals surface area contributed by atoms with Gasteiger partial charge in [0, 0.05) is 24.4 Å². The highest BCUT2D eigenvalue weighted by molar-refractivity contribution is 5.51. The molecule has 0 aliphatic rings. The van der Waals surface area contributed by atoms with Crippen molar-refractivity contribution in [2.75, 3.05) is 24.3 Å². The third-order valence-corrected chi connectivity index (χ3v) is 3.62. The number of para-hydroxylation sites is 1. The maximum absolute atomic E-state index is 5.38. The molecule has 25 heavy (non-hydrogen) atoms. The van der Waals surface area contributed by atoms with Crippen molar-refractivity contribution in [2.24, 2.45) is 0 Å². The Morgan fingerprint density at radius 2 is 1.92 bits per heavy atom. The summed E-state index contributed by atoms with van der Waals surface area (Å²) in [5, 5.41) is 10.3. The zero-order valence-electron chi connectivity index (χ0n) is 14.5. The zero-order chi connectivity index (χ0) is 17.6. The number of rotatable bonds is 7. The Hall–Kier alpha value is -3.09. The highest BCUT2D eigenvalue weighted by atomic mass is 16.5. The average Bonchev–Trinajstić information content (AvgIpc) is 2.99. The van der Waals surface area contributed by atoms with Gasteiger partial charge in [0.05, 0.1) is 7.11 Å². The van der Waals surface area contributed by atoms with Crippen molar-refractivity contribution in [1.29, 1.82) is 0 Å². The van der Waals surface area contributed by atoms with E-state index in [4.69, 9.17) is 9.26 Å². The second-order valence-corrected chi connectivity index (χ2v) is 5.65. The Balaban J connectivity index is 1.64. The summed E-state index contributed by atoms with van der Waals surface area (Å²) in [7, 11) is 1.68. The van der Waals surface area contributed by atoms with Crippen LogP contribution >= 0.6 is 0 Å². The zero-order valence-corrected chi connectivity index (χ0v) is 14.5. The Kier molecular flexibility index (Phi) is 5.13. The average molecular weight is 339 g/mol. The summed E-state index contributed by atoms with van der Waals surface area (Å²) in [5.74, 6) is 3.44. The molecule has 2 N–H and O–H groups in total. The molecule has 0 saturated carbocycles. The number of methoxy groups -OCH3 is 1. The first kappa shape index (κ1) is 16.8. The molecule has 0 spiro atoms. The van der Waals surface area contributed by atoms with Gasteiger partial charge in [-0.15, -0.1) is 0 Å². The summed E-state index contributed by atoms with van der Waals surface area (Å²) in [6, 6.07) is 11.7. The van der Waals surface area contributed by atoms with E-state index in [0.29, 0.717) is 11.8 Å². The quantitative estimate of drug-likeness (QED) is 0.681. The lowest BCUT2D eigenvalue weighted by atomic mass is 10.1. The molecule has 2 heterocycles. The van der Waals surface area contributed by atoms with Gasteiger partial charge >= 0.3 is 0 Å². The Morgan fingerprint density at radius 3 is 2.68 bits per heavy atom. The molecule has 2 aromatic heterocycles. The molecule has 0 aliphatic heterocycles. The second kappa shape index (κ2) is 7.65. The van der Waals surface area contributed by atoms with Crippen LogP contribution in [0.25, 0.3) is 0 Å². The van der Waals surface area contributed by atoms with Crippen LogP contribution in [0, 0.1) is 13.8 Å². The fourth-order valence-electron chi connectivity index (χ4n) is 2.49. The molecule has 1 aromatic carbocycles. The number of nitrogens with one attached hydrogen (secondary N) is 2. The molecule has 0 bridgehead atoms. The van der Waals surface area contributed by atoms with Crippen LogP contribution in [0.4, 0.5) is 17.6 Å². The number of ether oxygens (including phenoxy) is 1. The lowest BCUT2D eigenvalue weighted by Crippen LogP contribution is -2.09. The monoisotopic (exact) mass is 339 g/mol. The largest absolute Gasteiger partial charge is 0.496 e. The number of aryl methyl sites for hydroxylation is 2. The lowest BCUT2D eigenvalue weighted by molar-refractivity contribution is 0.400. The SMILES string of the molecule is COc1ccccc1CCNc1cc(C)nc(Nc2cc(C)on2)n1. The summed E-state index contributed by atoms with van der Waals surface area (Å²) >= 11 is 0. The lowest BCUT2D eigenvalue weighted by Gasteiger charge is -2.10. The van der Waals surface area contributed by atoms with Crippen LogP contribution in [-0.4, -0.2) is 28.8 Å². The fourth-order valence-corrected chi connectivity index (χ4v) is 2.49. The van der Waals surface area contributed by atoms with Crippen LogP contribution < -0.4 is 15.4 Å². The Bertz CT molecular complexity index is 847. The van der Waals surface area contributed by atoms with Crippen molar-refractivity contribution in [3.63, 3.8) is 0 Å². The molecule has 0 aliphatic carbocycles. The summed E-state index contributed by atoms with van der Waals surface area (Å²) in [6.07, 6.45) is 0.832. The van der Waals surface area contributed by atoms with Gasteiger partial charge in [0.25, 0.3) is 0 Å².